The topological polar surface area (TPSA) is 133 Å². The number of aliphatic hydroxyl groups excluding tert-OH is 1. The van der Waals surface area contributed by atoms with Crippen LogP contribution in [-0.2, 0) is 35.8 Å². The Balaban J connectivity index is 1.14. The average Bonchev–Trinajstić information content (AvgIpc) is 3.86. The van der Waals surface area contributed by atoms with Crippen molar-refractivity contribution in [2.45, 2.75) is 36.2 Å². The third-order valence-corrected chi connectivity index (χ3v) is 13.5. The number of carbonyl (C=O) groups is 3. The summed E-state index contributed by atoms with van der Waals surface area (Å²) in [4.78, 5) is 53.1. The van der Waals surface area contributed by atoms with Crippen LogP contribution in [-0.4, -0.2) is 91.8 Å². The summed E-state index contributed by atoms with van der Waals surface area (Å²) in [7, 11) is 2.02. The molecule has 68 heavy (non-hydrogen) atoms. The van der Waals surface area contributed by atoms with Crippen LogP contribution >= 0.6 is 0 Å². The van der Waals surface area contributed by atoms with E-state index in [9.17, 15) is 5.11 Å². The first kappa shape index (κ1) is 44.6. The molecule has 12 nitrogen and oxygen atoms in total. The van der Waals surface area contributed by atoms with Crippen molar-refractivity contribution in [2.24, 2.45) is 5.92 Å². The van der Waals surface area contributed by atoms with Gasteiger partial charge in [0.25, 0.3) is 0 Å². The molecular formula is C56H53N5O7. The van der Waals surface area contributed by atoms with Crippen molar-refractivity contribution in [1.29, 1.82) is 0 Å². The van der Waals surface area contributed by atoms with Gasteiger partial charge in [-0.3, -0.25) is 24.2 Å². The van der Waals surface area contributed by atoms with Crippen molar-refractivity contribution in [3.05, 3.63) is 191 Å². The average molecular weight is 908 g/mol. The first-order chi connectivity index (χ1) is 33.3. The summed E-state index contributed by atoms with van der Waals surface area (Å²) in [5.41, 5.74) is 5.05. The summed E-state index contributed by atoms with van der Waals surface area (Å²) in [6.07, 6.45) is -0.808. The predicted molar refractivity (Wildman–Crippen MR) is 260 cm³/mol. The lowest BCUT2D eigenvalue weighted by Crippen LogP contribution is -2.53. The Kier molecular flexibility index (Phi) is 12.8. The van der Waals surface area contributed by atoms with E-state index in [0.717, 1.165) is 36.4 Å². The van der Waals surface area contributed by atoms with E-state index in [0.29, 0.717) is 53.6 Å². The van der Waals surface area contributed by atoms with Crippen LogP contribution in [0.1, 0.15) is 51.6 Å². The van der Waals surface area contributed by atoms with Gasteiger partial charge in [-0.2, -0.15) is 0 Å². The van der Waals surface area contributed by atoms with Gasteiger partial charge in [0.15, 0.2) is 0 Å². The molecule has 3 fully saturated rings. The smallest absolute Gasteiger partial charge is 0.324 e. The number of rotatable bonds is 12. The fraction of sp³-hybridized carbons (Fsp3) is 0.268. The molecule has 0 radical (unpaired) electrons. The molecular weight excluding hydrogens is 855 g/mol. The molecule has 344 valence electrons. The Labute approximate surface area is 396 Å². The molecule has 4 aliphatic rings. The maximum absolute atomic E-state index is 15.7. The molecule has 0 aromatic heterocycles. The zero-order chi connectivity index (χ0) is 46.6. The first-order valence-electron chi connectivity index (χ1n) is 23.2. The highest BCUT2D eigenvalue weighted by atomic mass is 16.6. The highest BCUT2D eigenvalue weighted by Crippen LogP contribution is 2.65. The van der Waals surface area contributed by atoms with Gasteiger partial charge in [-0.25, -0.2) is 0 Å². The van der Waals surface area contributed by atoms with E-state index in [1.165, 1.54) is 5.56 Å². The summed E-state index contributed by atoms with van der Waals surface area (Å²) in [6.45, 7) is 3.91. The Hall–Kier alpha value is -7.27. The number of hydrogen-bond donors (Lipinski definition) is 3. The van der Waals surface area contributed by atoms with E-state index >= 15 is 14.4 Å². The number of benzene rings is 6. The summed E-state index contributed by atoms with van der Waals surface area (Å²) < 4.78 is 18.0. The Morgan fingerprint density at radius 1 is 0.824 bits per heavy atom. The van der Waals surface area contributed by atoms with Crippen molar-refractivity contribution in [1.82, 2.24) is 9.80 Å². The van der Waals surface area contributed by atoms with Gasteiger partial charge in [-0.1, -0.05) is 115 Å². The van der Waals surface area contributed by atoms with E-state index in [2.05, 4.69) is 49.3 Å². The fourth-order valence-electron chi connectivity index (χ4n) is 10.6. The molecule has 3 saturated heterocycles. The number of hydrogen-bond acceptors (Lipinski definition) is 10. The zero-order valence-corrected chi connectivity index (χ0v) is 37.8. The van der Waals surface area contributed by atoms with Crippen LogP contribution in [0.15, 0.2) is 158 Å². The van der Waals surface area contributed by atoms with E-state index in [1.807, 2.05) is 141 Å². The normalized spacial score (nSPS) is 23.0. The molecule has 2 amide bonds. The van der Waals surface area contributed by atoms with Crippen LogP contribution in [0, 0.1) is 17.8 Å². The molecule has 1 spiro atoms. The molecule has 1 unspecified atom stereocenters. The first-order valence-corrected chi connectivity index (χ1v) is 23.2. The monoisotopic (exact) mass is 907 g/mol. The van der Waals surface area contributed by atoms with Gasteiger partial charge in [0.05, 0.1) is 44.4 Å². The van der Waals surface area contributed by atoms with E-state index in [-0.39, 0.29) is 13.2 Å². The van der Waals surface area contributed by atoms with Gasteiger partial charge >= 0.3 is 5.97 Å². The molecule has 6 aromatic carbocycles. The van der Waals surface area contributed by atoms with Gasteiger partial charge in [-0.15, -0.1) is 0 Å². The van der Waals surface area contributed by atoms with Gasteiger partial charge in [-0.05, 0) is 89.5 Å². The van der Waals surface area contributed by atoms with Gasteiger partial charge in [0.1, 0.15) is 29.9 Å². The minimum absolute atomic E-state index is 0.0961. The van der Waals surface area contributed by atoms with Gasteiger partial charge in [0.2, 0.25) is 11.8 Å². The number of cyclic esters (lactones) is 1. The molecule has 0 bridgehead atoms. The van der Waals surface area contributed by atoms with Crippen molar-refractivity contribution < 1.29 is 33.7 Å². The van der Waals surface area contributed by atoms with Crippen LogP contribution in [0.2, 0.25) is 0 Å². The predicted octanol–water partition coefficient (Wildman–Crippen LogP) is 7.29. The van der Waals surface area contributed by atoms with E-state index < -0.39 is 53.3 Å². The number of morpholine rings is 2. The summed E-state index contributed by atoms with van der Waals surface area (Å²) in [6, 6.07) is 47.5. The molecule has 10 rings (SSSR count). The van der Waals surface area contributed by atoms with Gasteiger partial charge < -0.3 is 34.9 Å². The fourth-order valence-corrected chi connectivity index (χ4v) is 10.6. The van der Waals surface area contributed by atoms with E-state index in [1.54, 1.807) is 12.1 Å². The summed E-state index contributed by atoms with van der Waals surface area (Å²) in [5, 5.41) is 15.9. The number of nitrogens with zero attached hydrogens (tertiary/aromatic N) is 3. The lowest BCUT2D eigenvalue weighted by molar-refractivity contribution is -0.177. The minimum Gasteiger partial charge on any atom is -0.491 e. The van der Waals surface area contributed by atoms with Gasteiger partial charge in [0, 0.05) is 42.3 Å². The van der Waals surface area contributed by atoms with Crippen LogP contribution in [0.3, 0.4) is 0 Å². The number of aliphatic hydroxyl groups is 1. The lowest BCUT2D eigenvalue weighted by Gasteiger charge is -2.46. The molecule has 4 heterocycles. The lowest BCUT2D eigenvalue weighted by atomic mass is 9.65. The highest BCUT2D eigenvalue weighted by Gasteiger charge is 2.74. The Morgan fingerprint density at radius 2 is 1.50 bits per heavy atom. The molecule has 6 aromatic rings. The molecule has 6 atom stereocenters. The van der Waals surface area contributed by atoms with Crippen LogP contribution in [0.25, 0.3) is 0 Å². The Morgan fingerprint density at radius 3 is 2.19 bits per heavy atom. The number of amides is 2. The standard InChI is InChI=1S/C56H53N5O7/c1-59(37-39-12-5-2-6-13-39)29-11-14-38-19-28-47-46(36-38)56(55(65)58-47)48(53(63)57-43-22-24-44(25-23-43)60-30-33-66-34-31-60)50-54(64)68-51(41-17-9-4-10-18-41)49(40-15-7-3-8-16-40)61(50)52(56)42-20-26-45(27-21-42)67-35-32-62/h2-10,12-13,15-28,36,48-52,62H,29-35,37H2,1H3,(H,57,63)(H,58,65)/t48-,49-,50?,51+,52+,56+/m0/s1. The zero-order valence-electron chi connectivity index (χ0n) is 37.8. The third kappa shape index (κ3) is 8.50. The number of ether oxygens (including phenoxy) is 3. The van der Waals surface area contributed by atoms with Crippen LogP contribution in [0.4, 0.5) is 17.1 Å². The Bertz CT molecular complexity index is 2810. The second-order valence-electron chi connectivity index (χ2n) is 17.7. The van der Waals surface area contributed by atoms with Crippen molar-refractivity contribution in [3.63, 3.8) is 0 Å². The largest absolute Gasteiger partial charge is 0.491 e. The second kappa shape index (κ2) is 19.5. The number of anilines is 3. The number of nitrogens with one attached hydrogen (secondary N) is 2. The maximum atomic E-state index is 15.7. The number of esters is 1. The number of fused-ring (bicyclic) bond motifs is 3. The molecule has 12 heteroatoms. The third-order valence-electron chi connectivity index (χ3n) is 13.5. The maximum Gasteiger partial charge on any atom is 0.324 e. The molecule has 0 aliphatic carbocycles. The highest BCUT2D eigenvalue weighted by molar-refractivity contribution is 6.13. The van der Waals surface area contributed by atoms with Crippen molar-refractivity contribution in [3.8, 4) is 17.6 Å². The van der Waals surface area contributed by atoms with Crippen molar-refractivity contribution in [2.75, 3.05) is 68.6 Å². The minimum atomic E-state index is -1.70. The summed E-state index contributed by atoms with van der Waals surface area (Å²) in [5.74, 6) is 4.37. The van der Waals surface area contributed by atoms with Crippen LogP contribution in [0.5, 0.6) is 5.75 Å². The SMILES string of the molecule is CN(CC#Cc1ccc2c(c1)[C@@]1(C(=O)N2)[C@H](C(=O)Nc2ccc(N3CCOCC3)cc2)C2C(=O)O[C@H](c3ccccc3)[C@H](c3ccccc3)N2[C@@H]1c1ccc(OCCO)cc1)Cc1ccccc1. The molecule has 4 aliphatic heterocycles. The van der Waals surface area contributed by atoms with E-state index in [4.69, 9.17) is 14.2 Å². The molecule has 0 saturated carbocycles. The second-order valence-corrected chi connectivity index (χ2v) is 17.7. The quantitative estimate of drug-likeness (QED) is 0.0850. The molecule has 3 N–H and O–H groups in total. The van der Waals surface area contributed by atoms with Crippen LogP contribution < -0.4 is 20.3 Å². The number of carbonyl (C=O) groups excluding carboxylic acids is 3. The summed E-state index contributed by atoms with van der Waals surface area (Å²) >= 11 is 0. The van der Waals surface area contributed by atoms with Crippen molar-refractivity contribution >= 4 is 34.8 Å².